The van der Waals surface area contributed by atoms with E-state index in [-0.39, 0.29) is 18.1 Å². The third kappa shape index (κ3) is 4.77. The summed E-state index contributed by atoms with van der Waals surface area (Å²) in [5.74, 6) is 1.18. The number of carbonyl (C=O) groups is 1. The molecule has 0 spiro atoms. The van der Waals surface area contributed by atoms with Crippen molar-refractivity contribution in [2.45, 2.75) is 39.5 Å². The second-order valence-corrected chi connectivity index (χ2v) is 6.69. The van der Waals surface area contributed by atoms with Crippen molar-refractivity contribution in [3.8, 4) is 11.5 Å². The van der Waals surface area contributed by atoms with Crippen LogP contribution in [-0.2, 0) is 11.3 Å². The van der Waals surface area contributed by atoms with Gasteiger partial charge in [0.05, 0.1) is 25.4 Å². The first-order valence-corrected chi connectivity index (χ1v) is 9.29. The third-order valence-electron chi connectivity index (χ3n) is 4.50. The quantitative estimate of drug-likeness (QED) is 0.781. The average Bonchev–Trinajstić information content (AvgIpc) is 2.69. The number of morpholine rings is 1. The minimum atomic E-state index is -0.0145. The van der Waals surface area contributed by atoms with Crippen molar-refractivity contribution in [2.24, 2.45) is 0 Å². The normalized spacial score (nSPS) is 19.6. The number of amides is 1. The van der Waals surface area contributed by atoms with E-state index in [0.717, 1.165) is 5.56 Å². The van der Waals surface area contributed by atoms with E-state index < -0.39 is 0 Å². The molecule has 1 amide bonds. The van der Waals surface area contributed by atoms with Gasteiger partial charge in [-0.3, -0.25) is 9.78 Å². The van der Waals surface area contributed by atoms with Gasteiger partial charge < -0.3 is 19.1 Å². The van der Waals surface area contributed by atoms with Crippen LogP contribution in [0.4, 0.5) is 0 Å². The molecule has 6 nitrogen and oxygen atoms in total. The van der Waals surface area contributed by atoms with E-state index in [0.29, 0.717) is 43.4 Å². The predicted octanol–water partition coefficient (Wildman–Crippen LogP) is 3.31. The molecule has 1 saturated heterocycles. The number of nitrogens with zero attached hydrogens (tertiary/aromatic N) is 2. The minimum absolute atomic E-state index is 0.0145. The summed E-state index contributed by atoms with van der Waals surface area (Å²) in [6.07, 6.45) is 3.50. The van der Waals surface area contributed by atoms with Gasteiger partial charge in [-0.05, 0) is 56.7 Å². The highest BCUT2D eigenvalue weighted by Crippen LogP contribution is 2.30. The van der Waals surface area contributed by atoms with Crippen LogP contribution < -0.4 is 9.47 Å². The Morgan fingerprint density at radius 2 is 1.96 bits per heavy atom. The van der Waals surface area contributed by atoms with E-state index in [1.54, 1.807) is 30.6 Å². The fourth-order valence-electron chi connectivity index (χ4n) is 3.02. The lowest BCUT2D eigenvalue weighted by molar-refractivity contribution is -0.0387. The zero-order valence-electron chi connectivity index (χ0n) is 16.1. The van der Waals surface area contributed by atoms with E-state index >= 15 is 0 Å². The van der Waals surface area contributed by atoms with Gasteiger partial charge in [0.2, 0.25) is 0 Å². The highest BCUT2D eigenvalue weighted by Gasteiger charge is 2.28. The third-order valence-corrected chi connectivity index (χ3v) is 4.50. The first kappa shape index (κ1) is 19.2. The largest absolute Gasteiger partial charge is 0.490 e. The highest BCUT2D eigenvalue weighted by atomic mass is 16.5. The summed E-state index contributed by atoms with van der Waals surface area (Å²) in [6, 6.07) is 9.21. The molecular formula is C21H26N2O4. The van der Waals surface area contributed by atoms with Crippen LogP contribution in [0.2, 0.25) is 0 Å². The number of hydrogen-bond donors (Lipinski definition) is 0. The van der Waals surface area contributed by atoms with Crippen LogP contribution in [0.15, 0.2) is 42.7 Å². The Morgan fingerprint density at radius 1 is 1.19 bits per heavy atom. The van der Waals surface area contributed by atoms with Crippen molar-refractivity contribution in [1.82, 2.24) is 9.88 Å². The summed E-state index contributed by atoms with van der Waals surface area (Å²) in [5.41, 5.74) is 1.61. The topological polar surface area (TPSA) is 60.9 Å². The summed E-state index contributed by atoms with van der Waals surface area (Å²) in [7, 11) is 0. The van der Waals surface area contributed by atoms with Gasteiger partial charge >= 0.3 is 0 Å². The molecule has 0 saturated carbocycles. The minimum Gasteiger partial charge on any atom is -0.490 e. The molecule has 1 aromatic carbocycles. The lowest BCUT2D eigenvalue weighted by Crippen LogP contribution is -2.50. The number of rotatable bonds is 6. The monoisotopic (exact) mass is 370 g/mol. The summed E-state index contributed by atoms with van der Waals surface area (Å²) >= 11 is 0. The van der Waals surface area contributed by atoms with Gasteiger partial charge in [0, 0.05) is 24.5 Å². The predicted molar refractivity (Wildman–Crippen MR) is 102 cm³/mol. The van der Waals surface area contributed by atoms with Crippen LogP contribution in [0.25, 0.3) is 0 Å². The average molecular weight is 370 g/mol. The van der Waals surface area contributed by atoms with E-state index in [4.69, 9.17) is 14.2 Å². The summed E-state index contributed by atoms with van der Waals surface area (Å²) in [6.45, 7) is 7.94. The first-order chi connectivity index (χ1) is 13.1. The van der Waals surface area contributed by atoms with E-state index in [9.17, 15) is 4.79 Å². The standard InChI is InChI=1S/C21H26N2O4/c1-4-25-20-11-18(21(24)23-12-16(3)26-13-15(23)2)5-6-19(20)27-14-17-7-9-22-10-8-17/h5-11,15-16H,4,12-14H2,1-3H3. The molecule has 2 atom stereocenters. The Hall–Kier alpha value is -2.60. The van der Waals surface area contributed by atoms with Crippen molar-refractivity contribution in [3.63, 3.8) is 0 Å². The van der Waals surface area contributed by atoms with Crippen molar-refractivity contribution in [1.29, 1.82) is 0 Å². The number of benzene rings is 1. The summed E-state index contributed by atoms with van der Waals surface area (Å²) in [5, 5.41) is 0. The maximum absolute atomic E-state index is 13.0. The van der Waals surface area contributed by atoms with Gasteiger partial charge in [0.1, 0.15) is 6.61 Å². The Kier molecular flexibility index (Phi) is 6.29. The maximum Gasteiger partial charge on any atom is 0.254 e. The van der Waals surface area contributed by atoms with Crippen LogP contribution in [-0.4, -0.2) is 47.7 Å². The number of carbonyl (C=O) groups excluding carboxylic acids is 1. The van der Waals surface area contributed by atoms with Crippen molar-refractivity contribution >= 4 is 5.91 Å². The molecule has 0 bridgehead atoms. The zero-order valence-corrected chi connectivity index (χ0v) is 16.1. The van der Waals surface area contributed by atoms with Crippen LogP contribution in [0, 0.1) is 0 Å². The van der Waals surface area contributed by atoms with Crippen LogP contribution in [0.3, 0.4) is 0 Å². The Morgan fingerprint density at radius 3 is 2.70 bits per heavy atom. The van der Waals surface area contributed by atoms with Gasteiger partial charge in [-0.1, -0.05) is 0 Å². The molecule has 1 aliphatic heterocycles. The molecule has 0 N–H and O–H groups in total. The van der Waals surface area contributed by atoms with Crippen LogP contribution in [0.5, 0.6) is 11.5 Å². The number of pyridine rings is 1. The van der Waals surface area contributed by atoms with E-state index in [1.807, 2.05) is 37.8 Å². The molecule has 1 fully saturated rings. The van der Waals surface area contributed by atoms with E-state index in [2.05, 4.69) is 4.98 Å². The van der Waals surface area contributed by atoms with Gasteiger partial charge in [-0.2, -0.15) is 0 Å². The van der Waals surface area contributed by atoms with Gasteiger partial charge in [0.25, 0.3) is 5.91 Å². The molecule has 2 aromatic rings. The number of ether oxygens (including phenoxy) is 3. The lowest BCUT2D eigenvalue weighted by atomic mass is 10.1. The Balaban J connectivity index is 1.77. The molecule has 0 radical (unpaired) electrons. The second kappa shape index (κ2) is 8.86. The Labute approximate surface area is 160 Å². The smallest absolute Gasteiger partial charge is 0.254 e. The molecule has 2 heterocycles. The van der Waals surface area contributed by atoms with Crippen molar-refractivity contribution < 1.29 is 19.0 Å². The molecule has 27 heavy (non-hydrogen) atoms. The molecule has 1 aromatic heterocycles. The van der Waals surface area contributed by atoms with Gasteiger partial charge in [-0.15, -0.1) is 0 Å². The molecule has 0 aliphatic carbocycles. The van der Waals surface area contributed by atoms with Crippen molar-refractivity contribution in [2.75, 3.05) is 19.8 Å². The highest BCUT2D eigenvalue weighted by molar-refractivity contribution is 5.95. The molecular weight excluding hydrogens is 344 g/mol. The maximum atomic E-state index is 13.0. The van der Waals surface area contributed by atoms with Crippen LogP contribution in [0.1, 0.15) is 36.7 Å². The fourth-order valence-corrected chi connectivity index (χ4v) is 3.02. The molecule has 6 heteroatoms. The first-order valence-electron chi connectivity index (χ1n) is 9.29. The molecule has 2 unspecified atom stereocenters. The summed E-state index contributed by atoms with van der Waals surface area (Å²) in [4.78, 5) is 18.8. The van der Waals surface area contributed by atoms with Crippen LogP contribution >= 0.6 is 0 Å². The zero-order chi connectivity index (χ0) is 19.2. The number of aromatic nitrogens is 1. The van der Waals surface area contributed by atoms with Gasteiger partial charge in [-0.25, -0.2) is 0 Å². The second-order valence-electron chi connectivity index (χ2n) is 6.69. The molecule has 144 valence electrons. The number of hydrogen-bond acceptors (Lipinski definition) is 5. The Bertz CT molecular complexity index is 766. The van der Waals surface area contributed by atoms with E-state index in [1.165, 1.54) is 0 Å². The fraction of sp³-hybridized carbons (Fsp3) is 0.429. The molecule has 1 aliphatic rings. The van der Waals surface area contributed by atoms with Gasteiger partial charge in [0.15, 0.2) is 11.5 Å². The molecule has 3 rings (SSSR count). The summed E-state index contributed by atoms with van der Waals surface area (Å²) < 4.78 is 17.2. The van der Waals surface area contributed by atoms with Crippen molar-refractivity contribution in [3.05, 3.63) is 53.9 Å². The lowest BCUT2D eigenvalue weighted by Gasteiger charge is -2.36. The SMILES string of the molecule is CCOc1cc(C(=O)N2CC(C)OCC2C)ccc1OCc1ccncc1.